The summed E-state index contributed by atoms with van der Waals surface area (Å²) in [6, 6.07) is 5.61. The van der Waals surface area contributed by atoms with Crippen LogP contribution in [0.1, 0.15) is 10.4 Å². The Kier molecular flexibility index (Phi) is 7.36. The lowest BCUT2D eigenvalue weighted by Crippen LogP contribution is -2.56. The summed E-state index contributed by atoms with van der Waals surface area (Å²) in [6.45, 7) is 0.190. The summed E-state index contributed by atoms with van der Waals surface area (Å²) in [5.41, 5.74) is -0.927. The highest BCUT2D eigenvalue weighted by Crippen LogP contribution is 2.28. The van der Waals surface area contributed by atoms with E-state index >= 15 is 0 Å². The van der Waals surface area contributed by atoms with Crippen LogP contribution < -0.4 is 15.0 Å². The van der Waals surface area contributed by atoms with Crippen LogP contribution >= 0.6 is 0 Å². The molecule has 2 amide bonds. The summed E-state index contributed by atoms with van der Waals surface area (Å²) in [5, 5.41) is 11.4. The summed E-state index contributed by atoms with van der Waals surface area (Å²) < 4.78 is 73.0. The Morgan fingerprint density at radius 3 is 2.06 bits per heavy atom. The van der Waals surface area contributed by atoms with Crippen LogP contribution in [0.2, 0.25) is 0 Å². The molecule has 0 saturated carbocycles. The third-order valence-corrected chi connectivity index (χ3v) is 5.24. The van der Waals surface area contributed by atoms with E-state index in [0.29, 0.717) is 18.8 Å². The Bertz CT molecular complexity index is 1030. The van der Waals surface area contributed by atoms with Crippen molar-refractivity contribution in [3.63, 3.8) is 0 Å². The summed E-state index contributed by atoms with van der Waals surface area (Å²) in [6.07, 6.45) is 0. The number of hydrogen-bond donors (Lipinski definition) is 2. The maximum absolute atomic E-state index is 13.9. The number of halogens is 5. The van der Waals surface area contributed by atoms with Gasteiger partial charge < -0.3 is 25.0 Å². The highest BCUT2D eigenvalue weighted by atomic mass is 19.2. The fraction of sp³-hybridized carbons (Fsp3) is 0.333. The minimum atomic E-state index is -2.41. The van der Waals surface area contributed by atoms with Gasteiger partial charge in [0.05, 0.1) is 19.4 Å². The first kappa shape index (κ1) is 24.2. The number of nitrogens with zero attached hydrogens (tertiary/aromatic N) is 2. The molecule has 3 rings (SSSR count). The lowest BCUT2D eigenvalue weighted by molar-refractivity contribution is -0.134. The van der Waals surface area contributed by atoms with E-state index in [-0.39, 0.29) is 13.1 Å². The first-order chi connectivity index (χ1) is 15.7. The molecule has 12 heteroatoms. The number of methoxy groups -OCH3 is 1. The lowest BCUT2D eigenvalue weighted by Gasteiger charge is -2.37. The largest absolute Gasteiger partial charge is 0.495 e. The second-order valence-corrected chi connectivity index (χ2v) is 7.14. The van der Waals surface area contributed by atoms with E-state index in [1.807, 2.05) is 22.3 Å². The minimum Gasteiger partial charge on any atom is -0.495 e. The summed E-state index contributed by atoms with van der Waals surface area (Å²) in [5.74, 6) is -13.5. The normalized spacial score (nSPS) is 14.8. The van der Waals surface area contributed by atoms with Crippen molar-refractivity contribution in [2.75, 3.05) is 44.8 Å². The number of hydrogen-bond acceptors (Lipinski definition) is 5. The number of aliphatic hydroxyl groups is 1. The standard InChI is InChI=1S/C21H20F5N3O4/c1-33-13-5-3-2-4-12(13)28-6-8-29(9-7-28)21(32)11(10-30)27-20(31)14-15(22)17(24)19(26)18(25)16(14)23/h2-5,11,30H,6-10H2,1H3,(H,27,31). The van der Waals surface area contributed by atoms with Gasteiger partial charge in [0.1, 0.15) is 17.4 Å². The first-order valence-electron chi connectivity index (χ1n) is 9.81. The average Bonchev–Trinajstić information content (AvgIpc) is 2.84. The van der Waals surface area contributed by atoms with Gasteiger partial charge in [-0.05, 0) is 12.1 Å². The molecular weight excluding hydrogens is 453 g/mol. The Labute approximate surface area is 185 Å². The van der Waals surface area contributed by atoms with Gasteiger partial charge in [-0.3, -0.25) is 9.59 Å². The number of nitrogens with one attached hydrogen (secondary N) is 1. The number of amides is 2. The predicted octanol–water partition coefficient (Wildman–Crippen LogP) is 1.83. The Morgan fingerprint density at radius 2 is 1.52 bits per heavy atom. The van der Waals surface area contributed by atoms with Crippen LogP contribution in [0.4, 0.5) is 27.6 Å². The fourth-order valence-corrected chi connectivity index (χ4v) is 3.50. The molecule has 1 aliphatic heterocycles. The number of carbonyl (C=O) groups excluding carboxylic acids is 2. The molecule has 0 radical (unpaired) electrons. The van der Waals surface area contributed by atoms with E-state index in [2.05, 4.69) is 0 Å². The van der Waals surface area contributed by atoms with Crippen molar-refractivity contribution in [1.82, 2.24) is 10.2 Å². The third-order valence-electron chi connectivity index (χ3n) is 5.24. The van der Waals surface area contributed by atoms with Crippen LogP contribution in [0.25, 0.3) is 0 Å². The monoisotopic (exact) mass is 473 g/mol. The molecule has 33 heavy (non-hydrogen) atoms. The number of aliphatic hydroxyl groups excluding tert-OH is 1. The van der Waals surface area contributed by atoms with E-state index in [4.69, 9.17) is 4.74 Å². The molecule has 1 heterocycles. The quantitative estimate of drug-likeness (QED) is 0.380. The fourth-order valence-electron chi connectivity index (χ4n) is 3.50. The molecule has 0 spiro atoms. The van der Waals surface area contributed by atoms with Gasteiger partial charge in [-0.25, -0.2) is 22.0 Å². The Morgan fingerprint density at radius 1 is 0.970 bits per heavy atom. The summed E-state index contributed by atoms with van der Waals surface area (Å²) in [4.78, 5) is 28.2. The van der Waals surface area contributed by atoms with Gasteiger partial charge in [0, 0.05) is 26.2 Å². The zero-order chi connectivity index (χ0) is 24.3. The van der Waals surface area contributed by atoms with Crippen LogP contribution in [0.5, 0.6) is 5.75 Å². The molecule has 1 atom stereocenters. The Hall–Kier alpha value is -3.41. The number of anilines is 1. The van der Waals surface area contributed by atoms with Gasteiger partial charge >= 0.3 is 0 Å². The SMILES string of the molecule is COc1ccccc1N1CCN(C(=O)C(CO)NC(=O)c2c(F)c(F)c(F)c(F)c2F)CC1. The Balaban J connectivity index is 1.70. The van der Waals surface area contributed by atoms with Crippen LogP contribution in [0.15, 0.2) is 24.3 Å². The predicted molar refractivity (Wildman–Crippen MR) is 106 cm³/mol. The van der Waals surface area contributed by atoms with Crippen molar-refractivity contribution in [1.29, 1.82) is 0 Å². The number of rotatable bonds is 6. The van der Waals surface area contributed by atoms with Crippen LogP contribution in [-0.4, -0.2) is 67.8 Å². The van der Waals surface area contributed by atoms with Crippen molar-refractivity contribution in [3.05, 3.63) is 58.9 Å². The molecule has 1 aliphatic rings. The minimum absolute atomic E-state index is 0.186. The van der Waals surface area contributed by atoms with E-state index in [0.717, 1.165) is 5.69 Å². The van der Waals surface area contributed by atoms with Crippen molar-refractivity contribution >= 4 is 17.5 Å². The summed E-state index contributed by atoms with van der Waals surface area (Å²) >= 11 is 0. The maximum atomic E-state index is 13.9. The molecule has 178 valence electrons. The van der Waals surface area contributed by atoms with Gasteiger partial charge in [-0.2, -0.15) is 0 Å². The first-order valence-corrected chi connectivity index (χ1v) is 9.81. The lowest BCUT2D eigenvalue weighted by atomic mass is 10.1. The molecule has 1 fully saturated rings. The van der Waals surface area contributed by atoms with E-state index in [1.54, 1.807) is 12.1 Å². The van der Waals surface area contributed by atoms with Crippen molar-refractivity contribution in [2.45, 2.75) is 6.04 Å². The van der Waals surface area contributed by atoms with Crippen LogP contribution in [0, 0.1) is 29.1 Å². The molecular formula is C21H20F5N3O4. The smallest absolute Gasteiger partial charge is 0.258 e. The maximum Gasteiger partial charge on any atom is 0.258 e. The van der Waals surface area contributed by atoms with Crippen LogP contribution in [-0.2, 0) is 4.79 Å². The third kappa shape index (κ3) is 4.70. The molecule has 1 saturated heterocycles. The van der Waals surface area contributed by atoms with Crippen molar-refractivity contribution in [3.8, 4) is 5.75 Å². The number of piperazine rings is 1. The number of para-hydroxylation sites is 2. The van der Waals surface area contributed by atoms with E-state index in [1.165, 1.54) is 12.0 Å². The molecule has 0 aliphatic carbocycles. The molecule has 2 aromatic rings. The van der Waals surface area contributed by atoms with Gasteiger partial charge in [0.15, 0.2) is 23.3 Å². The zero-order valence-corrected chi connectivity index (χ0v) is 17.4. The van der Waals surface area contributed by atoms with E-state index in [9.17, 15) is 36.6 Å². The van der Waals surface area contributed by atoms with Gasteiger partial charge in [-0.1, -0.05) is 12.1 Å². The van der Waals surface area contributed by atoms with Gasteiger partial charge in [0.2, 0.25) is 11.7 Å². The number of carbonyl (C=O) groups is 2. The van der Waals surface area contributed by atoms with Gasteiger partial charge in [-0.15, -0.1) is 0 Å². The van der Waals surface area contributed by atoms with Crippen molar-refractivity contribution in [2.24, 2.45) is 0 Å². The van der Waals surface area contributed by atoms with Crippen molar-refractivity contribution < 1.29 is 41.4 Å². The molecule has 0 bridgehead atoms. The average molecular weight is 473 g/mol. The molecule has 2 aromatic carbocycles. The van der Waals surface area contributed by atoms with Crippen LogP contribution in [0.3, 0.4) is 0 Å². The number of ether oxygens (including phenoxy) is 1. The molecule has 0 aromatic heterocycles. The zero-order valence-electron chi connectivity index (χ0n) is 17.4. The highest BCUT2D eigenvalue weighted by Gasteiger charge is 2.33. The highest BCUT2D eigenvalue weighted by molar-refractivity contribution is 5.98. The molecule has 2 N–H and O–H groups in total. The molecule has 7 nitrogen and oxygen atoms in total. The second-order valence-electron chi connectivity index (χ2n) is 7.14. The van der Waals surface area contributed by atoms with Gasteiger partial charge in [0.25, 0.3) is 5.91 Å². The molecule has 1 unspecified atom stereocenters. The number of benzene rings is 2. The second kappa shape index (κ2) is 10.0. The summed E-state index contributed by atoms with van der Waals surface area (Å²) in [7, 11) is 1.53. The topological polar surface area (TPSA) is 82.1 Å². The van der Waals surface area contributed by atoms with E-state index < -0.39 is 59.1 Å².